The molecule has 0 aliphatic rings. The largest absolute Gasteiger partial charge is 0.462 e. The van der Waals surface area contributed by atoms with Gasteiger partial charge in [0.25, 0.3) is 5.91 Å². The number of carbonyl (C=O) groups is 2. The van der Waals surface area contributed by atoms with Crippen molar-refractivity contribution >= 4 is 46.8 Å². The molecule has 0 fully saturated rings. The number of unbranched alkanes of at least 4 members (excludes halogenated alkanes) is 1. The van der Waals surface area contributed by atoms with E-state index in [2.05, 4.69) is 5.32 Å². The topological polar surface area (TPSA) is 79.2 Å². The summed E-state index contributed by atoms with van der Waals surface area (Å²) in [7, 11) is 0. The number of anilines is 1. The molecular formula is C21H18Cl2N2O3. The van der Waals surface area contributed by atoms with Gasteiger partial charge in [0.15, 0.2) is 0 Å². The van der Waals surface area contributed by atoms with Gasteiger partial charge in [-0.05, 0) is 54.5 Å². The molecule has 28 heavy (non-hydrogen) atoms. The van der Waals surface area contributed by atoms with Crippen molar-refractivity contribution in [3.05, 3.63) is 69.2 Å². The first kappa shape index (κ1) is 21.5. The van der Waals surface area contributed by atoms with E-state index in [0.29, 0.717) is 33.5 Å². The van der Waals surface area contributed by atoms with Crippen molar-refractivity contribution in [2.24, 2.45) is 0 Å². The van der Waals surface area contributed by atoms with Crippen LogP contribution in [0.25, 0.3) is 6.08 Å². The Bertz CT molecular complexity index is 932. The van der Waals surface area contributed by atoms with Gasteiger partial charge in [0.1, 0.15) is 11.6 Å². The van der Waals surface area contributed by atoms with Crippen LogP contribution in [0.15, 0.2) is 48.0 Å². The fraction of sp³-hybridized carbons (Fsp3) is 0.190. The molecule has 0 saturated carbocycles. The highest BCUT2D eigenvalue weighted by molar-refractivity contribution is 6.35. The number of nitrogens with zero attached hydrogens (tertiary/aromatic N) is 1. The Morgan fingerprint density at radius 2 is 1.89 bits per heavy atom. The van der Waals surface area contributed by atoms with Crippen molar-refractivity contribution in [2.45, 2.75) is 19.8 Å². The highest BCUT2D eigenvalue weighted by atomic mass is 35.5. The number of rotatable bonds is 7. The minimum Gasteiger partial charge on any atom is -0.462 e. The van der Waals surface area contributed by atoms with Crippen LogP contribution in [0.2, 0.25) is 10.0 Å². The zero-order chi connectivity index (χ0) is 20.5. The van der Waals surface area contributed by atoms with Gasteiger partial charge < -0.3 is 10.1 Å². The Hall–Kier alpha value is -2.81. The maximum atomic E-state index is 12.4. The second kappa shape index (κ2) is 10.5. The van der Waals surface area contributed by atoms with Gasteiger partial charge in [-0.15, -0.1) is 0 Å². The lowest BCUT2D eigenvalue weighted by atomic mass is 10.1. The Morgan fingerprint density at radius 1 is 1.18 bits per heavy atom. The summed E-state index contributed by atoms with van der Waals surface area (Å²) in [5.74, 6) is -1.01. The Labute approximate surface area is 173 Å². The summed E-state index contributed by atoms with van der Waals surface area (Å²) >= 11 is 11.9. The van der Waals surface area contributed by atoms with Gasteiger partial charge in [-0.25, -0.2) is 4.79 Å². The van der Waals surface area contributed by atoms with Crippen LogP contribution < -0.4 is 5.32 Å². The molecule has 0 heterocycles. The Balaban J connectivity index is 2.07. The fourth-order valence-electron chi connectivity index (χ4n) is 2.20. The van der Waals surface area contributed by atoms with E-state index in [9.17, 15) is 14.9 Å². The molecule has 1 amide bonds. The second-order valence-electron chi connectivity index (χ2n) is 5.86. The van der Waals surface area contributed by atoms with E-state index in [1.54, 1.807) is 36.4 Å². The van der Waals surface area contributed by atoms with Gasteiger partial charge >= 0.3 is 5.97 Å². The lowest BCUT2D eigenvalue weighted by Crippen LogP contribution is -2.13. The predicted molar refractivity (Wildman–Crippen MR) is 110 cm³/mol. The van der Waals surface area contributed by atoms with Crippen molar-refractivity contribution in [3.63, 3.8) is 0 Å². The normalized spacial score (nSPS) is 10.9. The average molecular weight is 417 g/mol. The van der Waals surface area contributed by atoms with Crippen molar-refractivity contribution in [1.29, 1.82) is 5.26 Å². The van der Waals surface area contributed by atoms with E-state index in [1.165, 1.54) is 12.1 Å². The van der Waals surface area contributed by atoms with Crippen molar-refractivity contribution in [3.8, 4) is 6.07 Å². The second-order valence-corrected chi connectivity index (χ2v) is 6.70. The van der Waals surface area contributed by atoms with Crippen LogP contribution in [0.4, 0.5) is 5.69 Å². The minimum atomic E-state index is -0.591. The van der Waals surface area contributed by atoms with Gasteiger partial charge in [0, 0.05) is 15.7 Å². The summed E-state index contributed by atoms with van der Waals surface area (Å²) in [5.41, 5.74) is 1.21. The molecule has 0 unspecified atom stereocenters. The minimum absolute atomic E-state index is 0.118. The monoisotopic (exact) mass is 416 g/mol. The molecule has 144 valence electrons. The molecule has 0 saturated heterocycles. The van der Waals surface area contributed by atoms with Gasteiger partial charge in [-0.3, -0.25) is 4.79 Å². The first-order valence-corrected chi connectivity index (χ1v) is 9.35. The van der Waals surface area contributed by atoms with Crippen LogP contribution in [0.3, 0.4) is 0 Å². The summed E-state index contributed by atoms with van der Waals surface area (Å²) in [6.07, 6.45) is 3.13. The number of halogens is 2. The summed E-state index contributed by atoms with van der Waals surface area (Å²) in [6.45, 7) is 2.38. The molecule has 0 atom stereocenters. The molecule has 0 bridgehead atoms. The predicted octanol–water partition coefficient (Wildman–Crippen LogP) is 5.50. The molecule has 5 nitrogen and oxygen atoms in total. The van der Waals surface area contributed by atoms with Crippen LogP contribution >= 0.6 is 23.2 Å². The first-order valence-electron chi connectivity index (χ1n) is 8.60. The number of carbonyl (C=O) groups excluding carboxylic acids is 2. The number of esters is 1. The summed E-state index contributed by atoms with van der Waals surface area (Å²) in [4.78, 5) is 24.2. The van der Waals surface area contributed by atoms with E-state index in [1.807, 2.05) is 13.0 Å². The van der Waals surface area contributed by atoms with Crippen molar-refractivity contribution in [1.82, 2.24) is 0 Å². The summed E-state index contributed by atoms with van der Waals surface area (Å²) in [6, 6.07) is 12.9. The van der Waals surface area contributed by atoms with Gasteiger partial charge in [-0.1, -0.05) is 42.6 Å². The molecule has 0 aliphatic carbocycles. The van der Waals surface area contributed by atoms with Crippen LogP contribution in [0.1, 0.15) is 35.7 Å². The van der Waals surface area contributed by atoms with Crippen LogP contribution in [-0.4, -0.2) is 18.5 Å². The molecule has 2 aromatic carbocycles. The maximum Gasteiger partial charge on any atom is 0.338 e. The molecular weight excluding hydrogens is 399 g/mol. The van der Waals surface area contributed by atoms with Gasteiger partial charge in [0.05, 0.1) is 12.2 Å². The number of hydrogen-bond acceptors (Lipinski definition) is 4. The molecule has 0 aromatic heterocycles. The maximum absolute atomic E-state index is 12.4. The first-order chi connectivity index (χ1) is 13.4. The lowest BCUT2D eigenvalue weighted by Gasteiger charge is -2.07. The van der Waals surface area contributed by atoms with Crippen LogP contribution in [0, 0.1) is 11.3 Å². The van der Waals surface area contributed by atoms with Crippen LogP contribution in [-0.2, 0) is 9.53 Å². The molecule has 2 rings (SSSR count). The quantitative estimate of drug-likeness (QED) is 0.279. The number of amides is 1. The summed E-state index contributed by atoms with van der Waals surface area (Å²) in [5, 5.41) is 12.7. The van der Waals surface area contributed by atoms with E-state index in [0.717, 1.165) is 12.8 Å². The van der Waals surface area contributed by atoms with E-state index in [-0.39, 0.29) is 5.57 Å². The van der Waals surface area contributed by atoms with Crippen molar-refractivity contribution < 1.29 is 14.3 Å². The van der Waals surface area contributed by atoms with E-state index in [4.69, 9.17) is 27.9 Å². The fourth-order valence-corrected chi connectivity index (χ4v) is 2.67. The number of hydrogen-bond donors (Lipinski definition) is 1. The standard InChI is InChI=1S/C21H18Cl2N2O3/c1-2-3-10-28-21(27)14-5-8-18(9-6-14)25-20(26)16(13-24)11-15-4-7-17(22)12-19(15)23/h4-9,11-12H,2-3,10H2,1H3,(H,25,26)/b16-11+. The van der Waals surface area contributed by atoms with E-state index >= 15 is 0 Å². The molecule has 0 aliphatic heterocycles. The third kappa shape index (κ3) is 6.12. The zero-order valence-corrected chi connectivity index (χ0v) is 16.7. The van der Waals surface area contributed by atoms with Gasteiger partial charge in [0.2, 0.25) is 0 Å². The molecule has 2 aromatic rings. The molecule has 7 heteroatoms. The number of benzene rings is 2. The molecule has 0 radical (unpaired) electrons. The highest BCUT2D eigenvalue weighted by Crippen LogP contribution is 2.23. The highest BCUT2D eigenvalue weighted by Gasteiger charge is 2.12. The number of ether oxygens (including phenoxy) is 1. The third-order valence-electron chi connectivity index (χ3n) is 3.74. The smallest absolute Gasteiger partial charge is 0.338 e. The number of nitriles is 1. The van der Waals surface area contributed by atoms with Gasteiger partial charge in [-0.2, -0.15) is 5.26 Å². The lowest BCUT2D eigenvalue weighted by molar-refractivity contribution is -0.112. The SMILES string of the molecule is CCCCOC(=O)c1ccc(NC(=O)/C(C#N)=C/c2ccc(Cl)cc2Cl)cc1. The third-order valence-corrected chi connectivity index (χ3v) is 4.30. The summed E-state index contributed by atoms with van der Waals surface area (Å²) < 4.78 is 5.13. The van der Waals surface area contributed by atoms with E-state index < -0.39 is 11.9 Å². The van der Waals surface area contributed by atoms with Crippen LogP contribution in [0.5, 0.6) is 0 Å². The number of nitrogens with one attached hydrogen (secondary N) is 1. The Morgan fingerprint density at radius 3 is 2.50 bits per heavy atom. The molecule has 1 N–H and O–H groups in total. The molecule has 0 spiro atoms. The zero-order valence-electron chi connectivity index (χ0n) is 15.2. The van der Waals surface area contributed by atoms with Crippen molar-refractivity contribution in [2.75, 3.05) is 11.9 Å². The average Bonchev–Trinajstić information content (AvgIpc) is 2.68. The Kier molecular flexibility index (Phi) is 8.06.